The SMILES string of the molecule is CCOC(=O)C1CCN(C2CCCC(OC)C2)CC1. The van der Waals surface area contributed by atoms with Crippen molar-refractivity contribution in [3.63, 3.8) is 0 Å². The molecule has 2 unspecified atom stereocenters. The van der Waals surface area contributed by atoms with Crippen molar-refractivity contribution >= 4 is 5.97 Å². The predicted molar refractivity (Wildman–Crippen MR) is 74.0 cm³/mol. The van der Waals surface area contributed by atoms with Crippen LogP contribution in [0.5, 0.6) is 0 Å². The molecule has 2 aliphatic rings. The second-order valence-corrected chi connectivity index (χ2v) is 5.74. The van der Waals surface area contributed by atoms with E-state index in [0.29, 0.717) is 18.8 Å². The van der Waals surface area contributed by atoms with Crippen LogP contribution in [0.4, 0.5) is 0 Å². The molecule has 4 heteroatoms. The highest BCUT2D eigenvalue weighted by Gasteiger charge is 2.32. The Balaban J connectivity index is 1.78. The van der Waals surface area contributed by atoms with E-state index in [4.69, 9.17) is 9.47 Å². The number of carbonyl (C=O) groups excluding carboxylic acids is 1. The Kier molecular flexibility index (Phi) is 5.64. The Labute approximate surface area is 116 Å². The quantitative estimate of drug-likeness (QED) is 0.734. The highest BCUT2D eigenvalue weighted by atomic mass is 16.5. The normalized spacial score (nSPS) is 30.2. The maximum absolute atomic E-state index is 11.7. The number of piperidine rings is 1. The number of rotatable bonds is 4. The van der Waals surface area contributed by atoms with Gasteiger partial charge in [-0.05, 0) is 58.5 Å². The van der Waals surface area contributed by atoms with Gasteiger partial charge < -0.3 is 14.4 Å². The number of likely N-dealkylation sites (tertiary alicyclic amines) is 1. The molecule has 1 saturated carbocycles. The van der Waals surface area contributed by atoms with Crippen LogP contribution >= 0.6 is 0 Å². The molecule has 0 amide bonds. The summed E-state index contributed by atoms with van der Waals surface area (Å²) in [5.41, 5.74) is 0. The number of esters is 1. The zero-order valence-corrected chi connectivity index (χ0v) is 12.3. The Bertz CT molecular complexity index is 287. The van der Waals surface area contributed by atoms with Gasteiger partial charge in [0.1, 0.15) is 0 Å². The molecule has 19 heavy (non-hydrogen) atoms. The first-order valence-corrected chi connectivity index (χ1v) is 7.68. The molecular formula is C15H27NO3. The lowest BCUT2D eigenvalue weighted by Crippen LogP contribution is -2.46. The molecule has 0 aromatic carbocycles. The predicted octanol–water partition coefficient (Wildman–Crippen LogP) is 2.22. The van der Waals surface area contributed by atoms with Crippen LogP contribution in [0.3, 0.4) is 0 Å². The summed E-state index contributed by atoms with van der Waals surface area (Å²) in [5, 5.41) is 0. The van der Waals surface area contributed by atoms with Gasteiger partial charge in [-0.3, -0.25) is 4.79 Å². The first kappa shape index (κ1) is 14.8. The molecule has 0 aromatic heterocycles. The minimum atomic E-state index is 0.000521. The van der Waals surface area contributed by atoms with Crippen molar-refractivity contribution in [1.82, 2.24) is 4.90 Å². The van der Waals surface area contributed by atoms with Crippen molar-refractivity contribution in [3.05, 3.63) is 0 Å². The molecule has 0 aromatic rings. The maximum Gasteiger partial charge on any atom is 0.309 e. The zero-order valence-electron chi connectivity index (χ0n) is 12.3. The van der Waals surface area contributed by atoms with Crippen LogP contribution < -0.4 is 0 Å². The largest absolute Gasteiger partial charge is 0.466 e. The molecule has 110 valence electrons. The third kappa shape index (κ3) is 3.93. The molecule has 1 aliphatic heterocycles. The van der Waals surface area contributed by atoms with Gasteiger partial charge in [-0.1, -0.05) is 0 Å². The number of carbonyl (C=O) groups is 1. The van der Waals surface area contributed by atoms with Crippen LogP contribution in [0.1, 0.15) is 45.4 Å². The Morgan fingerprint density at radius 2 is 1.95 bits per heavy atom. The van der Waals surface area contributed by atoms with Gasteiger partial charge in [0, 0.05) is 13.2 Å². The summed E-state index contributed by atoms with van der Waals surface area (Å²) in [7, 11) is 1.82. The summed E-state index contributed by atoms with van der Waals surface area (Å²) in [5.74, 6) is 0.124. The molecule has 2 atom stereocenters. The van der Waals surface area contributed by atoms with Crippen molar-refractivity contribution in [2.45, 2.75) is 57.6 Å². The summed E-state index contributed by atoms with van der Waals surface area (Å²) in [6.07, 6.45) is 7.24. The second-order valence-electron chi connectivity index (χ2n) is 5.74. The van der Waals surface area contributed by atoms with E-state index >= 15 is 0 Å². The number of ether oxygens (including phenoxy) is 2. The number of methoxy groups -OCH3 is 1. The summed E-state index contributed by atoms with van der Waals surface area (Å²) in [4.78, 5) is 14.3. The highest BCUT2D eigenvalue weighted by Crippen LogP contribution is 2.28. The Morgan fingerprint density at radius 1 is 1.21 bits per heavy atom. The van der Waals surface area contributed by atoms with Crippen LogP contribution in [0.15, 0.2) is 0 Å². The summed E-state index contributed by atoms with van der Waals surface area (Å²) in [6.45, 7) is 4.44. The lowest BCUT2D eigenvalue weighted by atomic mass is 9.88. The van der Waals surface area contributed by atoms with Gasteiger partial charge in [0.2, 0.25) is 0 Å². The summed E-state index contributed by atoms with van der Waals surface area (Å²) < 4.78 is 10.6. The average Bonchev–Trinajstić information content (AvgIpc) is 2.48. The standard InChI is InChI=1S/C15H27NO3/c1-3-19-15(17)12-7-9-16(10-8-12)13-5-4-6-14(11-13)18-2/h12-14H,3-11H2,1-2H3. The van der Waals surface area contributed by atoms with E-state index in [1.807, 2.05) is 14.0 Å². The van der Waals surface area contributed by atoms with Crippen LogP contribution in [0, 0.1) is 5.92 Å². The topological polar surface area (TPSA) is 38.8 Å². The fraction of sp³-hybridized carbons (Fsp3) is 0.933. The van der Waals surface area contributed by atoms with Gasteiger partial charge in [0.25, 0.3) is 0 Å². The molecule has 2 fully saturated rings. The van der Waals surface area contributed by atoms with E-state index in [1.54, 1.807) is 0 Å². The number of nitrogens with zero attached hydrogens (tertiary/aromatic N) is 1. The lowest BCUT2D eigenvalue weighted by Gasteiger charge is -2.40. The van der Waals surface area contributed by atoms with Crippen LogP contribution in [0.2, 0.25) is 0 Å². The van der Waals surface area contributed by atoms with Gasteiger partial charge in [-0.25, -0.2) is 0 Å². The lowest BCUT2D eigenvalue weighted by molar-refractivity contribution is -0.150. The molecule has 0 N–H and O–H groups in total. The van der Waals surface area contributed by atoms with Gasteiger partial charge >= 0.3 is 5.97 Å². The molecule has 0 spiro atoms. The van der Waals surface area contributed by atoms with E-state index in [2.05, 4.69) is 4.90 Å². The molecule has 2 rings (SSSR count). The van der Waals surface area contributed by atoms with E-state index < -0.39 is 0 Å². The number of hydrogen-bond donors (Lipinski definition) is 0. The van der Waals surface area contributed by atoms with E-state index in [-0.39, 0.29) is 11.9 Å². The van der Waals surface area contributed by atoms with Crippen molar-refractivity contribution in [3.8, 4) is 0 Å². The van der Waals surface area contributed by atoms with Crippen molar-refractivity contribution in [2.75, 3.05) is 26.8 Å². The third-order valence-corrected chi connectivity index (χ3v) is 4.60. The van der Waals surface area contributed by atoms with E-state index in [9.17, 15) is 4.79 Å². The van der Waals surface area contributed by atoms with Gasteiger partial charge in [0.15, 0.2) is 0 Å². The van der Waals surface area contributed by atoms with Crippen LogP contribution in [0.25, 0.3) is 0 Å². The van der Waals surface area contributed by atoms with E-state index in [0.717, 1.165) is 32.4 Å². The van der Waals surface area contributed by atoms with Crippen LogP contribution in [-0.4, -0.2) is 49.8 Å². The summed E-state index contributed by atoms with van der Waals surface area (Å²) >= 11 is 0. The molecule has 1 aliphatic carbocycles. The fourth-order valence-corrected chi connectivity index (χ4v) is 3.43. The monoisotopic (exact) mass is 269 g/mol. The van der Waals surface area contributed by atoms with Crippen molar-refractivity contribution < 1.29 is 14.3 Å². The van der Waals surface area contributed by atoms with E-state index in [1.165, 1.54) is 19.3 Å². The number of hydrogen-bond acceptors (Lipinski definition) is 4. The first-order chi connectivity index (χ1) is 9.24. The molecule has 1 heterocycles. The van der Waals surface area contributed by atoms with Crippen molar-refractivity contribution in [2.24, 2.45) is 5.92 Å². The Hall–Kier alpha value is -0.610. The fourth-order valence-electron chi connectivity index (χ4n) is 3.43. The van der Waals surface area contributed by atoms with Crippen LogP contribution in [-0.2, 0) is 14.3 Å². The average molecular weight is 269 g/mol. The molecule has 0 bridgehead atoms. The summed E-state index contributed by atoms with van der Waals surface area (Å²) in [6, 6.07) is 0.654. The maximum atomic E-state index is 11.7. The second kappa shape index (κ2) is 7.25. The molecule has 4 nitrogen and oxygen atoms in total. The highest BCUT2D eigenvalue weighted by molar-refractivity contribution is 5.72. The first-order valence-electron chi connectivity index (χ1n) is 7.68. The molecule has 1 saturated heterocycles. The smallest absolute Gasteiger partial charge is 0.309 e. The van der Waals surface area contributed by atoms with Gasteiger partial charge in [0.05, 0.1) is 18.6 Å². The minimum absolute atomic E-state index is 0.000521. The molecular weight excluding hydrogens is 242 g/mol. The van der Waals surface area contributed by atoms with Crippen molar-refractivity contribution in [1.29, 1.82) is 0 Å². The minimum Gasteiger partial charge on any atom is -0.466 e. The van der Waals surface area contributed by atoms with Gasteiger partial charge in [-0.2, -0.15) is 0 Å². The van der Waals surface area contributed by atoms with Gasteiger partial charge in [-0.15, -0.1) is 0 Å². The third-order valence-electron chi connectivity index (χ3n) is 4.60. The molecule has 0 radical (unpaired) electrons. The zero-order chi connectivity index (χ0) is 13.7. The Morgan fingerprint density at radius 3 is 2.58 bits per heavy atom.